The molecule has 0 heterocycles. The van der Waals surface area contributed by atoms with Crippen LogP contribution in [-0.4, -0.2) is 47.4 Å². The number of Topliss-reactive ketones (excluding diaryl/α,β-unsaturated/α-hetero) is 1. The van der Waals surface area contributed by atoms with Crippen LogP contribution in [0.1, 0.15) is 53.4 Å². The average molecular weight is 339 g/mol. The van der Waals surface area contributed by atoms with Crippen molar-refractivity contribution in [2.75, 3.05) is 13.7 Å². The van der Waals surface area contributed by atoms with E-state index in [0.717, 1.165) is 6.42 Å². The van der Waals surface area contributed by atoms with E-state index in [-0.39, 0.29) is 36.2 Å². The van der Waals surface area contributed by atoms with Crippen molar-refractivity contribution in [1.82, 2.24) is 0 Å². The highest BCUT2D eigenvalue weighted by molar-refractivity contribution is 6.24. The third-order valence-corrected chi connectivity index (χ3v) is 4.44. The fourth-order valence-electron chi connectivity index (χ4n) is 3.09. The number of carbonyl (C=O) groups is 2. The molecule has 0 fully saturated rings. The van der Waals surface area contributed by atoms with Gasteiger partial charge in [0.1, 0.15) is 11.7 Å². The first kappa shape index (κ1) is 20.4. The topological polar surface area (TPSA) is 96.2 Å². The van der Waals surface area contributed by atoms with Crippen molar-refractivity contribution in [3.8, 4) is 0 Å². The minimum absolute atomic E-state index is 0.124. The van der Waals surface area contributed by atoms with Crippen LogP contribution in [0.5, 0.6) is 0 Å². The first-order valence-corrected chi connectivity index (χ1v) is 8.45. The first-order valence-electron chi connectivity index (χ1n) is 8.45. The molecule has 1 aliphatic rings. The Morgan fingerprint density at radius 3 is 2.50 bits per heavy atom. The normalized spacial score (nSPS) is 22.5. The number of hydrogen-bond donors (Lipinski definition) is 2. The van der Waals surface area contributed by atoms with Gasteiger partial charge in [-0.3, -0.25) is 14.6 Å². The minimum atomic E-state index is -0.897. The van der Waals surface area contributed by atoms with Crippen LogP contribution in [0, 0.1) is 11.3 Å². The van der Waals surface area contributed by atoms with Gasteiger partial charge in [-0.1, -0.05) is 34.1 Å². The van der Waals surface area contributed by atoms with Crippen molar-refractivity contribution in [2.45, 2.75) is 59.4 Å². The molecular weight excluding hydrogens is 310 g/mol. The zero-order valence-corrected chi connectivity index (χ0v) is 15.3. The molecule has 6 nitrogen and oxygen atoms in total. The molecule has 0 aromatic carbocycles. The van der Waals surface area contributed by atoms with Crippen molar-refractivity contribution in [1.29, 1.82) is 0 Å². The second-order valence-corrected chi connectivity index (χ2v) is 6.88. The lowest BCUT2D eigenvalue weighted by molar-refractivity contribution is -0.150. The molecule has 1 rings (SSSR count). The average Bonchev–Trinajstić information content (AvgIpc) is 2.50. The van der Waals surface area contributed by atoms with Crippen LogP contribution in [0.3, 0.4) is 0 Å². The van der Waals surface area contributed by atoms with E-state index in [1.807, 2.05) is 13.8 Å². The zero-order chi connectivity index (χ0) is 18.5. The number of rotatable bonds is 7. The maximum Gasteiger partial charge on any atom is 0.316 e. The van der Waals surface area contributed by atoms with Crippen molar-refractivity contribution in [3.63, 3.8) is 0 Å². The summed E-state index contributed by atoms with van der Waals surface area (Å²) in [5.74, 6) is -1.94. The molecular formula is C18H29NO5. The molecule has 1 aliphatic carbocycles. The monoisotopic (exact) mass is 339 g/mol. The van der Waals surface area contributed by atoms with Gasteiger partial charge in [-0.25, -0.2) is 0 Å². The molecule has 2 atom stereocenters. The van der Waals surface area contributed by atoms with E-state index < -0.39 is 17.3 Å². The minimum Gasteiger partial charge on any atom is -0.511 e. The summed E-state index contributed by atoms with van der Waals surface area (Å²) in [6, 6.07) is -0.328. The number of allylic oxidation sites excluding steroid dienone is 1. The van der Waals surface area contributed by atoms with Crippen molar-refractivity contribution in [3.05, 3.63) is 11.3 Å². The van der Waals surface area contributed by atoms with E-state index in [2.05, 4.69) is 4.99 Å². The van der Waals surface area contributed by atoms with E-state index in [4.69, 9.17) is 4.74 Å². The second-order valence-electron chi connectivity index (χ2n) is 6.88. The summed E-state index contributed by atoms with van der Waals surface area (Å²) in [5.41, 5.74) is -0.139. The van der Waals surface area contributed by atoms with E-state index >= 15 is 0 Å². The van der Waals surface area contributed by atoms with E-state index in [1.165, 1.54) is 7.11 Å². The van der Waals surface area contributed by atoms with Gasteiger partial charge >= 0.3 is 5.97 Å². The van der Waals surface area contributed by atoms with Gasteiger partial charge in [0.25, 0.3) is 0 Å². The number of ketones is 1. The molecule has 0 saturated heterocycles. The number of aliphatic hydroxyl groups excluding tert-OH is 2. The second kappa shape index (κ2) is 8.42. The highest BCUT2D eigenvalue weighted by Crippen LogP contribution is 2.42. The van der Waals surface area contributed by atoms with Crippen LogP contribution in [0.15, 0.2) is 16.3 Å². The number of methoxy groups -OCH3 is 1. The van der Waals surface area contributed by atoms with Crippen molar-refractivity contribution >= 4 is 17.5 Å². The molecule has 0 bridgehead atoms. The fraction of sp³-hybridized carbons (Fsp3) is 0.722. The number of nitrogens with zero attached hydrogens (tertiary/aromatic N) is 1. The van der Waals surface area contributed by atoms with Gasteiger partial charge in [0, 0.05) is 12.1 Å². The molecule has 0 radical (unpaired) electrons. The molecule has 24 heavy (non-hydrogen) atoms. The van der Waals surface area contributed by atoms with Gasteiger partial charge in [0.2, 0.25) is 0 Å². The molecule has 0 saturated carbocycles. The maximum atomic E-state index is 12.6. The van der Waals surface area contributed by atoms with Gasteiger partial charge in [-0.15, -0.1) is 0 Å². The number of aliphatic hydroxyl groups is 2. The molecule has 2 unspecified atom stereocenters. The summed E-state index contributed by atoms with van der Waals surface area (Å²) in [6.07, 6.45) is 1.98. The highest BCUT2D eigenvalue weighted by Gasteiger charge is 2.47. The molecule has 136 valence electrons. The standard InChI is InChI=1S/C18H29NO5/c1-6-8-12(19-11(7-2)10-20)14-13(21)9-18(3,4)15(16(14)22)17(23)24-5/h11,15,20,22H,6-10H2,1-5H3. The number of carbonyl (C=O) groups excluding carboxylic acids is 2. The van der Waals surface area contributed by atoms with Crippen LogP contribution in [0.4, 0.5) is 0 Å². The van der Waals surface area contributed by atoms with E-state index in [1.54, 1.807) is 13.8 Å². The van der Waals surface area contributed by atoms with Gasteiger partial charge in [-0.2, -0.15) is 0 Å². The SMILES string of the molecule is CCCC(=NC(CC)CO)C1=C(O)C(C(=O)OC)C(C)(C)CC1=O. The Hall–Kier alpha value is -1.69. The Labute approximate surface area is 143 Å². The predicted octanol–water partition coefficient (Wildman–Crippen LogP) is 2.60. The van der Waals surface area contributed by atoms with Gasteiger partial charge in [0.05, 0.1) is 25.3 Å². The van der Waals surface area contributed by atoms with Crippen LogP contribution < -0.4 is 0 Å². The highest BCUT2D eigenvalue weighted by atomic mass is 16.5. The number of aliphatic imine (C=N–C) groups is 1. The number of ether oxygens (including phenoxy) is 1. The molecule has 0 aromatic rings. The Kier molecular flexibility index (Phi) is 7.14. The van der Waals surface area contributed by atoms with Crippen LogP contribution in [-0.2, 0) is 14.3 Å². The summed E-state index contributed by atoms with van der Waals surface area (Å²) in [5, 5.41) is 20.1. The molecule has 0 aromatic heterocycles. The summed E-state index contributed by atoms with van der Waals surface area (Å²) in [7, 11) is 1.27. The summed E-state index contributed by atoms with van der Waals surface area (Å²) >= 11 is 0. The predicted molar refractivity (Wildman–Crippen MR) is 92.1 cm³/mol. The number of esters is 1. The Balaban J connectivity index is 3.48. The lowest BCUT2D eigenvalue weighted by Crippen LogP contribution is -2.42. The van der Waals surface area contributed by atoms with E-state index in [0.29, 0.717) is 18.6 Å². The quantitative estimate of drug-likeness (QED) is 0.549. The lowest BCUT2D eigenvalue weighted by Gasteiger charge is -2.36. The molecule has 0 spiro atoms. The summed E-state index contributed by atoms with van der Waals surface area (Å²) in [4.78, 5) is 29.3. The largest absolute Gasteiger partial charge is 0.511 e. The summed E-state index contributed by atoms with van der Waals surface area (Å²) < 4.78 is 4.82. The maximum absolute atomic E-state index is 12.6. The third-order valence-electron chi connectivity index (χ3n) is 4.44. The molecule has 2 N–H and O–H groups in total. The molecule has 6 heteroatoms. The smallest absolute Gasteiger partial charge is 0.316 e. The van der Waals surface area contributed by atoms with Crippen LogP contribution in [0.25, 0.3) is 0 Å². The number of hydrogen-bond acceptors (Lipinski definition) is 6. The van der Waals surface area contributed by atoms with Crippen LogP contribution >= 0.6 is 0 Å². The zero-order valence-electron chi connectivity index (χ0n) is 15.3. The third kappa shape index (κ3) is 4.23. The Morgan fingerprint density at radius 2 is 2.04 bits per heavy atom. The lowest BCUT2D eigenvalue weighted by atomic mass is 9.67. The van der Waals surface area contributed by atoms with Crippen molar-refractivity contribution in [2.24, 2.45) is 16.3 Å². The Morgan fingerprint density at radius 1 is 1.42 bits per heavy atom. The van der Waals surface area contributed by atoms with Crippen LogP contribution in [0.2, 0.25) is 0 Å². The Bertz CT molecular complexity index is 544. The van der Waals surface area contributed by atoms with Gasteiger partial charge in [-0.05, 0) is 18.3 Å². The van der Waals surface area contributed by atoms with Crippen molar-refractivity contribution < 1.29 is 24.5 Å². The molecule has 0 aliphatic heterocycles. The van der Waals surface area contributed by atoms with Gasteiger partial charge in [0.15, 0.2) is 5.78 Å². The molecule has 0 amide bonds. The summed E-state index contributed by atoms with van der Waals surface area (Å²) in [6.45, 7) is 7.24. The van der Waals surface area contributed by atoms with Gasteiger partial charge < -0.3 is 14.9 Å². The first-order chi connectivity index (χ1) is 11.2. The van der Waals surface area contributed by atoms with E-state index in [9.17, 15) is 19.8 Å². The fourth-order valence-corrected chi connectivity index (χ4v) is 3.09.